The number of hydrogen-bond donors (Lipinski definition) is 0. The van der Waals surface area contributed by atoms with Gasteiger partial charge in [0.25, 0.3) is 0 Å². The molecule has 0 saturated carbocycles. The van der Waals surface area contributed by atoms with Gasteiger partial charge < -0.3 is 14.2 Å². The van der Waals surface area contributed by atoms with Crippen molar-refractivity contribution in [3.63, 3.8) is 0 Å². The van der Waals surface area contributed by atoms with Crippen LogP contribution in [-0.2, 0) is 0 Å². The van der Waals surface area contributed by atoms with Crippen LogP contribution in [0.15, 0.2) is 42.5 Å². The quantitative estimate of drug-likeness (QED) is 0.580. The summed E-state index contributed by atoms with van der Waals surface area (Å²) in [6.07, 6.45) is 1.90. The van der Waals surface area contributed by atoms with Gasteiger partial charge in [0.05, 0.1) is 20.3 Å². The Morgan fingerprint density at radius 2 is 1.46 bits per heavy atom. The predicted molar refractivity (Wildman–Crippen MR) is 98.5 cm³/mol. The van der Waals surface area contributed by atoms with Gasteiger partial charge >= 0.3 is 0 Å². The van der Waals surface area contributed by atoms with Crippen LogP contribution in [0, 0.1) is 6.92 Å². The molecule has 0 amide bonds. The van der Waals surface area contributed by atoms with Crippen LogP contribution in [0.5, 0.6) is 17.2 Å². The number of aryl methyl sites for hydroxylation is 1. The van der Waals surface area contributed by atoms with E-state index < -0.39 is 0 Å². The molecule has 2 rings (SSSR count). The summed E-state index contributed by atoms with van der Waals surface area (Å²) < 4.78 is 17.1. The Hall–Kier alpha value is -2.16. The lowest BCUT2D eigenvalue weighted by atomic mass is 10.0. The number of rotatable bonds is 9. The highest BCUT2D eigenvalue weighted by atomic mass is 16.5. The van der Waals surface area contributed by atoms with E-state index in [0.29, 0.717) is 19.1 Å². The topological polar surface area (TPSA) is 27.7 Å². The minimum Gasteiger partial charge on any atom is -0.493 e. The van der Waals surface area contributed by atoms with Gasteiger partial charge in [-0.25, -0.2) is 0 Å². The summed E-state index contributed by atoms with van der Waals surface area (Å²) in [5.74, 6) is 3.04. The molecule has 0 aliphatic carbocycles. The van der Waals surface area contributed by atoms with Crippen molar-refractivity contribution in [2.24, 2.45) is 0 Å². The van der Waals surface area contributed by atoms with E-state index in [9.17, 15) is 0 Å². The Labute approximate surface area is 145 Å². The van der Waals surface area contributed by atoms with Crippen LogP contribution in [0.3, 0.4) is 0 Å². The van der Waals surface area contributed by atoms with E-state index in [0.717, 1.165) is 30.1 Å². The fourth-order valence-corrected chi connectivity index (χ4v) is 2.55. The average Bonchev–Trinajstić information content (AvgIpc) is 2.58. The molecule has 0 fully saturated rings. The molecule has 0 heterocycles. The van der Waals surface area contributed by atoms with Crippen LogP contribution in [0.1, 0.15) is 43.7 Å². The molecule has 0 saturated heterocycles. The van der Waals surface area contributed by atoms with Crippen molar-refractivity contribution in [3.8, 4) is 17.2 Å². The van der Waals surface area contributed by atoms with Crippen molar-refractivity contribution in [1.82, 2.24) is 0 Å². The van der Waals surface area contributed by atoms with Gasteiger partial charge in [-0.05, 0) is 55.0 Å². The summed E-state index contributed by atoms with van der Waals surface area (Å²) in [6, 6.07) is 14.2. The standard InChI is InChI=1S/C21H28O3/c1-16(2)18-12-11-17(3)15-21(18)24-14-8-7-13-23-20-10-6-5-9-19(20)22-4/h5-6,9-12,15-16H,7-8,13-14H2,1-4H3. The maximum Gasteiger partial charge on any atom is 0.161 e. The van der Waals surface area contributed by atoms with Crippen molar-refractivity contribution >= 4 is 0 Å². The molecule has 0 N–H and O–H groups in total. The molecule has 0 spiro atoms. The first-order chi connectivity index (χ1) is 11.6. The summed E-state index contributed by atoms with van der Waals surface area (Å²) in [5.41, 5.74) is 2.50. The first-order valence-electron chi connectivity index (χ1n) is 8.61. The van der Waals surface area contributed by atoms with Gasteiger partial charge in [-0.3, -0.25) is 0 Å². The normalized spacial score (nSPS) is 10.7. The third-order valence-corrected chi connectivity index (χ3v) is 3.91. The van der Waals surface area contributed by atoms with Gasteiger partial charge in [-0.2, -0.15) is 0 Å². The second-order valence-corrected chi connectivity index (χ2v) is 6.25. The lowest BCUT2D eigenvalue weighted by Crippen LogP contribution is -2.05. The lowest BCUT2D eigenvalue weighted by Gasteiger charge is -2.15. The highest BCUT2D eigenvalue weighted by Crippen LogP contribution is 2.28. The van der Waals surface area contributed by atoms with E-state index in [4.69, 9.17) is 14.2 Å². The fraction of sp³-hybridized carbons (Fsp3) is 0.429. The molecule has 0 bridgehead atoms. The van der Waals surface area contributed by atoms with Crippen molar-refractivity contribution < 1.29 is 14.2 Å². The lowest BCUT2D eigenvalue weighted by molar-refractivity contribution is 0.257. The molecule has 0 aromatic heterocycles. The van der Waals surface area contributed by atoms with Gasteiger partial charge in [-0.1, -0.05) is 38.1 Å². The summed E-state index contributed by atoms with van der Waals surface area (Å²) in [6.45, 7) is 7.85. The number of methoxy groups -OCH3 is 1. The van der Waals surface area contributed by atoms with Gasteiger partial charge in [-0.15, -0.1) is 0 Å². The third kappa shape index (κ3) is 5.19. The zero-order valence-electron chi connectivity index (χ0n) is 15.2. The summed E-state index contributed by atoms with van der Waals surface area (Å²) in [4.78, 5) is 0. The molecular weight excluding hydrogens is 300 g/mol. The van der Waals surface area contributed by atoms with Gasteiger partial charge in [0.2, 0.25) is 0 Å². The van der Waals surface area contributed by atoms with Crippen molar-refractivity contribution in [1.29, 1.82) is 0 Å². The zero-order chi connectivity index (χ0) is 17.4. The van der Waals surface area contributed by atoms with E-state index in [1.807, 2.05) is 24.3 Å². The molecule has 2 aromatic rings. The van der Waals surface area contributed by atoms with Crippen molar-refractivity contribution in [2.75, 3.05) is 20.3 Å². The highest BCUT2D eigenvalue weighted by Gasteiger charge is 2.08. The number of hydrogen-bond acceptors (Lipinski definition) is 3. The van der Waals surface area contributed by atoms with Crippen LogP contribution in [0.4, 0.5) is 0 Å². The third-order valence-electron chi connectivity index (χ3n) is 3.91. The second-order valence-electron chi connectivity index (χ2n) is 6.25. The van der Waals surface area contributed by atoms with Crippen LogP contribution in [0.25, 0.3) is 0 Å². The molecular formula is C21H28O3. The van der Waals surface area contributed by atoms with E-state index in [2.05, 4.69) is 39.0 Å². The number of ether oxygens (including phenoxy) is 3. The first kappa shape index (κ1) is 18.2. The summed E-state index contributed by atoms with van der Waals surface area (Å²) >= 11 is 0. The first-order valence-corrected chi connectivity index (χ1v) is 8.61. The molecule has 0 atom stereocenters. The van der Waals surface area contributed by atoms with Crippen LogP contribution < -0.4 is 14.2 Å². The molecule has 24 heavy (non-hydrogen) atoms. The van der Waals surface area contributed by atoms with Crippen molar-refractivity contribution in [2.45, 2.75) is 39.5 Å². The van der Waals surface area contributed by atoms with Gasteiger partial charge in [0, 0.05) is 0 Å². The Morgan fingerprint density at radius 3 is 2.08 bits per heavy atom. The molecule has 0 aliphatic rings. The van der Waals surface area contributed by atoms with E-state index in [1.54, 1.807) is 7.11 Å². The predicted octanol–water partition coefficient (Wildman–Crippen LogP) is 5.37. The molecule has 3 nitrogen and oxygen atoms in total. The second kappa shape index (κ2) is 9.21. The maximum atomic E-state index is 6.00. The molecule has 0 unspecified atom stereocenters. The van der Waals surface area contributed by atoms with E-state index >= 15 is 0 Å². The van der Waals surface area contributed by atoms with Crippen LogP contribution >= 0.6 is 0 Å². The van der Waals surface area contributed by atoms with E-state index in [1.165, 1.54) is 11.1 Å². The summed E-state index contributed by atoms with van der Waals surface area (Å²) in [7, 11) is 1.66. The van der Waals surface area contributed by atoms with E-state index in [-0.39, 0.29) is 0 Å². The Morgan fingerprint density at radius 1 is 0.833 bits per heavy atom. The molecule has 0 aliphatic heterocycles. The minimum absolute atomic E-state index is 0.467. The molecule has 130 valence electrons. The Bertz CT molecular complexity index is 635. The molecule has 0 radical (unpaired) electrons. The molecule has 2 aromatic carbocycles. The van der Waals surface area contributed by atoms with Crippen LogP contribution in [-0.4, -0.2) is 20.3 Å². The smallest absolute Gasteiger partial charge is 0.161 e. The van der Waals surface area contributed by atoms with Crippen LogP contribution in [0.2, 0.25) is 0 Å². The van der Waals surface area contributed by atoms with Gasteiger partial charge in [0.15, 0.2) is 11.5 Å². The van der Waals surface area contributed by atoms with Gasteiger partial charge in [0.1, 0.15) is 5.75 Å². The Balaban J connectivity index is 1.75. The SMILES string of the molecule is COc1ccccc1OCCCCOc1cc(C)ccc1C(C)C. The molecule has 3 heteroatoms. The number of para-hydroxylation sites is 2. The fourth-order valence-electron chi connectivity index (χ4n) is 2.55. The van der Waals surface area contributed by atoms with Crippen molar-refractivity contribution in [3.05, 3.63) is 53.6 Å². The highest BCUT2D eigenvalue weighted by molar-refractivity contribution is 5.39. The summed E-state index contributed by atoms with van der Waals surface area (Å²) in [5, 5.41) is 0. The largest absolute Gasteiger partial charge is 0.493 e. The number of benzene rings is 2. The minimum atomic E-state index is 0.467. The maximum absolute atomic E-state index is 6.00. The Kier molecular flexibility index (Phi) is 6.98. The number of unbranched alkanes of at least 4 members (excludes halogenated alkanes) is 1. The monoisotopic (exact) mass is 328 g/mol. The average molecular weight is 328 g/mol. The zero-order valence-corrected chi connectivity index (χ0v) is 15.2.